The number of hydrogen-bond acceptors (Lipinski definition) is 6. The molecule has 9 heteroatoms. The van der Waals surface area contributed by atoms with E-state index in [2.05, 4.69) is 31.9 Å². The van der Waals surface area contributed by atoms with Gasteiger partial charge in [-0.25, -0.2) is 18.1 Å². The SMILES string of the molecule is CN1CCCN(c2ncccc2CNC(=O)CNS(C)(=O)=O)CC1. The molecule has 8 nitrogen and oxygen atoms in total. The molecule has 1 aliphatic rings. The van der Waals surface area contributed by atoms with Crippen LogP contribution in [0.3, 0.4) is 0 Å². The van der Waals surface area contributed by atoms with Gasteiger partial charge in [-0.3, -0.25) is 4.79 Å². The number of anilines is 1. The quantitative estimate of drug-likeness (QED) is 0.707. The van der Waals surface area contributed by atoms with Gasteiger partial charge in [0.1, 0.15) is 5.82 Å². The Morgan fingerprint density at radius 1 is 1.29 bits per heavy atom. The van der Waals surface area contributed by atoms with E-state index in [9.17, 15) is 13.2 Å². The van der Waals surface area contributed by atoms with E-state index in [1.165, 1.54) is 0 Å². The number of amides is 1. The van der Waals surface area contributed by atoms with Crippen molar-refractivity contribution in [2.75, 3.05) is 50.9 Å². The maximum absolute atomic E-state index is 11.8. The Kier molecular flexibility index (Phi) is 6.52. The second-order valence-electron chi connectivity index (χ2n) is 6.00. The molecule has 0 aromatic carbocycles. The second-order valence-corrected chi connectivity index (χ2v) is 7.83. The third-order valence-corrected chi connectivity index (χ3v) is 4.53. The van der Waals surface area contributed by atoms with Crippen LogP contribution in [0.1, 0.15) is 12.0 Å². The van der Waals surface area contributed by atoms with Gasteiger partial charge in [0.05, 0.1) is 12.8 Å². The third kappa shape index (κ3) is 6.06. The van der Waals surface area contributed by atoms with Crippen molar-refractivity contribution in [1.29, 1.82) is 0 Å². The van der Waals surface area contributed by atoms with Crippen LogP contribution in [0.2, 0.25) is 0 Å². The van der Waals surface area contributed by atoms with Crippen molar-refractivity contribution in [2.24, 2.45) is 0 Å². The lowest BCUT2D eigenvalue weighted by Gasteiger charge is -2.24. The largest absolute Gasteiger partial charge is 0.355 e. The number of likely N-dealkylation sites (N-methyl/N-ethyl adjacent to an activating group) is 1. The molecule has 0 unspecified atom stereocenters. The van der Waals surface area contributed by atoms with Crippen molar-refractivity contribution in [1.82, 2.24) is 19.9 Å². The van der Waals surface area contributed by atoms with Crippen molar-refractivity contribution in [3.8, 4) is 0 Å². The normalized spacial score (nSPS) is 16.7. The summed E-state index contributed by atoms with van der Waals surface area (Å²) in [5.74, 6) is 0.509. The molecule has 2 heterocycles. The number of nitrogens with zero attached hydrogens (tertiary/aromatic N) is 3. The van der Waals surface area contributed by atoms with Crippen molar-refractivity contribution in [2.45, 2.75) is 13.0 Å². The first-order valence-corrected chi connectivity index (χ1v) is 9.83. The van der Waals surface area contributed by atoms with E-state index in [1.54, 1.807) is 6.20 Å². The molecule has 1 aliphatic heterocycles. The van der Waals surface area contributed by atoms with Crippen LogP contribution >= 0.6 is 0 Å². The molecule has 1 amide bonds. The maximum Gasteiger partial charge on any atom is 0.235 e. The molecule has 2 rings (SSSR count). The smallest absolute Gasteiger partial charge is 0.235 e. The summed E-state index contributed by atoms with van der Waals surface area (Å²) in [6.45, 7) is 3.91. The number of carbonyl (C=O) groups excluding carboxylic acids is 1. The minimum Gasteiger partial charge on any atom is -0.355 e. The standard InChI is InChI=1S/C15H25N5O3S/c1-19-7-4-8-20(10-9-19)15-13(5-3-6-16-15)11-17-14(21)12-18-24(2,22)23/h3,5-6,18H,4,7-12H2,1-2H3,(H,17,21). The number of rotatable bonds is 6. The molecule has 1 fully saturated rings. The Balaban J connectivity index is 1.97. The lowest BCUT2D eigenvalue weighted by atomic mass is 10.2. The fourth-order valence-corrected chi connectivity index (χ4v) is 2.96. The lowest BCUT2D eigenvalue weighted by molar-refractivity contribution is -0.120. The minimum absolute atomic E-state index is 0.261. The second kappa shape index (κ2) is 8.41. The van der Waals surface area contributed by atoms with Crippen LogP contribution in [-0.4, -0.2) is 70.2 Å². The van der Waals surface area contributed by atoms with Gasteiger partial charge in [0.15, 0.2) is 0 Å². The summed E-state index contributed by atoms with van der Waals surface area (Å²) >= 11 is 0. The fraction of sp³-hybridized carbons (Fsp3) is 0.600. The van der Waals surface area contributed by atoms with Crippen LogP contribution in [0.15, 0.2) is 18.3 Å². The zero-order valence-electron chi connectivity index (χ0n) is 14.2. The zero-order chi connectivity index (χ0) is 17.6. The summed E-state index contributed by atoms with van der Waals surface area (Å²) in [6, 6.07) is 3.77. The number of aromatic nitrogens is 1. The van der Waals surface area contributed by atoms with Crippen LogP contribution < -0.4 is 14.9 Å². The van der Waals surface area contributed by atoms with Gasteiger partial charge < -0.3 is 15.1 Å². The van der Waals surface area contributed by atoms with Gasteiger partial charge in [0.2, 0.25) is 15.9 Å². The summed E-state index contributed by atoms with van der Waals surface area (Å²) in [6.07, 6.45) is 3.84. The molecule has 0 aliphatic carbocycles. The molecule has 1 aromatic rings. The molecule has 0 saturated carbocycles. The third-order valence-electron chi connectivity index (χ3n) is 3.86. The van der Waals surface area contributed by atoms with Gasteiger partial charge in [-0.1, -0.05) is 6.07 Å². The summed E-state index contributed by atoms with van der Waals surface area (Å²) in [4.78, 5) is 20.8. The predicted molar refractivity (Wildman–Crippen MR) is 93.3 cm³/mol. The number of pyridine rings is 1. The highest BCUT2D eigenvalue weighted by Crippen LogP contribution is 2.18. The Hall–Kier alpha value is -1.71. The number of carbonyl (C=O) groups is 1. The predicted octanol–water partition coefficient (Wildman–Crippen LogP) is -0.611. The van der Waals surface area contributed by atoms with Crippen molar-refractivity contribution < 1.29 is 13.2 Å². The van der Waals surface area contributed by atoms with E-state index in [0.29, 0.717) is 6.54 Å². The molecule has 0 spiro atoms. The van der Waals surface area contributed by atoms with Crippen LogP contribution in [0.5, 0.6) is 0 Å². The van der Waals surface area contributed by atoms with E-state index in [1.807, 2.05) is 12.1 Å². The Labute approximate surface area is 143 Å². The summed E-state index contributed by atoms with van der Waals surface area (Å²) in [7, 11) is -1.26. The first-order valence-electron chi connectivity index (χ1n) is 7.94. The highest BCUT2D eigenvalue weighted by Gasteiger charge is 2.17. The van der Waals surface area contributed by atoms with Gasteiger partial charge >= 0.3 is 0 Å². The van der Waals surface area contributed by atoms with Crippen LogP contribution in [0.25, 0.3) is 0 Å². The monoisotopic (exact) mass is 355 g/mol. The Bertz CT molecular complexity index is 665. The number of sulfonamides is 1. The molecule has 1 aromatic heterocycles. The molecule has 24 heavy (non-hydrogen) atoms. The number of nitrogens with one attached hydrogen (secondary N) is 2. The topological polar surface area (TPSA) is 94.6 Å². The minimum atomic E-state index is -3.37. The maximum atomic E-state index is 11.8. The first-order chi connectivity index (χ1) is 11.3. The van der Waals surface area contributed by atoms with Crippen LogP contribution in [0.4, 0.5) is 5.82 Å². The molecule has 0 atom stereocenters. The Morgan fingerprint density at radius 3 is 2.83 bits per heavy atom. The Morgan fingerprint density at radius 2 is 2.08 bits per heavy atom. The zero-order valence-corrected chi connectivity index (χ0v) is 15.0. The highest BCUT2D eigenvalue weighted by atomic mass is 32.2. The van der Waals surface area contributed by atoms with Gasteiger partial charge in [0.25, 0.3) is 0 Å². The van der Waals surface area contributed by atoms with Crippen LogP contribution in [0, 0.1) is 0 Å². The van der Waals surface area contributed by atoms with Crippen molar-refractivity contribution in [3.63, 3.8) is 0 Å². The van der Waals surface area contributed by atoms with Gasteiger partial charge in [-0.05, 0) is 26.1 Å². The molecular weight excluding hydrogens is 330 g/mol. The summed E-state index contributed by atoms with van der Waals surface area (Å²) < 4.78 is 24.2. The first kappa shape index (κ1) is 18.6. The van der Waals surface area contributed by atoms with E-state index in [-0.39, 0.29) is 12.5 Å². The molecular formula is C15H25N5O3S. The van der Waals surface area contributed by atoms with E-state index in [4.69, 9.17) is 0 Å². The number of hydrogen-bond donors (Lipinski definition) is 2. The molecule has 0 radical (unpaired) electrons. The van der Waals surface area contributed by atoms with Gasteiger partial charge in [-0.15, -0.1) is 0 Å². The lowest BCUT2D eigenvalue weighted by Crippen LogP contribution is -2.36. The fourth-order valence-electron chi connectivity index (χ4n) is 2.56. The van der Waals surface area contributed by atoms with Crippen molar-refractivity contribution >= 4 is 21.7 Å². The molecule has 1 saturated heterocycles. The average Bonchev–Trinajstić information content (AvgIpc) is 2.75. The summed E-state index contributed by atoms with van der Waals surface area (Å²) in [5, 5.41) is 2.73. The van der Waals surface area contributed by atoms with Gasteiger partial charge in [-0.2, -0.15) is 0 Å². The molecule has 134 valence electrons. The van der Waals surface area contributed by atoms with Crippen molar-refractivity contribution in [3.05, 3.63) is 23.9 Å². The molecule has 0 bridgehead atoms. The van der Waals surface area contributed by atoms with E-state index < -0.39 is 10.0 Å². The van der Waals surface area contributed by atoms with E-state index in [0.717, 1.165) is 50.2 Å². The van der Waals surface area contributed by atoms with Gasteiger partial charge in [0, 0.05) is 37.9 Å². The molecule has 2 N–H and O–H groups in total. The van der Waals surface area contributed by atoms with Crippen LogP contribution in [-0.2, 0) is 21.4 Å². The average molecular weight is 355 g/mol. The summed E-state index contributed by atoms with van der Waals surface area (Å²) in [5.41, 5.74) is 0.926. The highest BCUT2D eigenvalue weighted by molar-refractivity contribution is 7.88. The van der Waals surface area contributed by atoms with E-state index >= 15 is 0 Å².